The summed E-state index contributed by atoms with van der Waals surface area (Å²) in [6.07, 6.45) is 0. The number of carbonyl (C=O) groups is 2. The predicted molar refractivity (Wildman–Crippen MR) is 94.4 cm³/mol. The van der Waals surface area contributed by atoms with Crippen molar-refractivity contribution in [2.24, 2.45) is 5.73 Å². The highest BCUT2D eigenvalue weighted by atomic mass is 35.5. The van der Waals surface area contributed by atoms with E-state index in [-0.39, 0.29) is 34.1 Å². The summed E-state index contributed by atoms with van der Waals surface area (Å²) in [5, 5.41) is 2.97. The number of benzene rings is 1. The van der Waals surface area contributed by atoms with E-state index >= 15 is 0 Å². The number of carbonyl (C=O) groups excluding carboxylic acids is 2. The number of anilines is 1. The van der Waals surface area contributed by atoms with Crippen LogP contribution in [0.25, 0.3) is 0 Å². The quantitative estimate of drug-likeness (QED) is 0.711. The second kappa shape index (κ2) is 5.62. The van der Waals surface area contributed by atoms with Crippen LogP contribution in [0.3, 0.4) is 0 Å². The zero-order valence-electron chi connectivity index (χ0n) is 14.2. The zero-order valence-corrected chi connectivity index (χ0v) is 15.0. The number of ether oxygens (including phenoxy) is 2. The van der Waals surface area contributed by atoms with Gasteiger partial charge in [-0.25, -0.2) is 9.59 Å². The Balaban J connectivity index is 2.21. The third-order valence-corrected chi connectivity index (χ3v) is 4.85. The molecule has 2 aliphatic heterocycles. The second-order valence-corrected chi connectivity index (χ2v) is 6.55. The SMILES string of the molecule is COC(=O)C1=C(N)Oc2cc(C)oc(=O)c2[C@]12C(=O)Nc1ccc(Cl)cc12. The van der Waals surface area contributed by atoms with Crippen molar-refractivity contribution in [1.29, 1.82) is 0 Å². The van der Waals surface area contributed by atoms with E-state index in [1.807, 2.05) is 0 Å². The number of fused-ring (bicyclic) bond motifs is 4. The van der Waals surface area contributed by atoms with E-state index in [1.54, 1.807) is 19.1 Å². The number of halogens is 1. The summed E-state index contributed by atoms with van der Waals surface area (Å²) in [7, 11) is 1.13. The lowest BCUT2D eigenvalue weighted by Gasteiger charge is -2.34. The third kappa shape index (κ3) is 2.13. The number of rotatable bonds is 1. The molecule has 0 bridgehead atoms. The van der Waals surface area contributed by atoms with Gasteiger partial charge in [-0.2, -0.15) is 0 Å². The van der Waals surface area contributed by atoms with E-state index in [9.17, 15) is 14.4 Å². The van der Waals surface area contributed by atoms with Crippen molar-refractivity contribution in [2.75, 3.05) is 12.4 Å². The number of methoxy groups -OCH3 is 1. The van der Waals surface area contributed by atoms with Gasteiger partial charge in [0.2, 0.25) is 11.8 Å². The van der Waals surface area contributed by atoms with Crippen LogP contribution < -0.4 is 21.4 Å². The minimum atomic E-state index is -1.90. The van der Waals surface area contributed by atoms with Crippen LogP contribution in [0.15, 0.2) is 44.9 Å². The van der Waals surface area contributed by atoms with Gasteiger partial charge in [0, 0.05) is 22.3 Å². The molecular formula is C18H13ClN2O6. The van der Waals surface area contributed by atoms with Gasteiger partial charge in [0.15, 0.2) is 0 Å². The van der Waals surface area contributed by atoms with Crippen molar-refractivity contribution >= 4 is 29.2 Å². The molecule has 3 N–H and O–H groups in total. The summed E-state index contributed by atoms with van der Waals surface area (Å²) in [4.78, 5) is 38.6. The molecule has 138 valence electrons. The van der Waals surface area contributed by atoms with Crippen molar-refractivity contribution in [2.45, 2.75) is 12.3 Å². The van der Waals surface area contributed by atoms with Crippen molar-refractivity contribution < 1.29 is 23.5 Å². The molecule has 1 spiro atoms. The Labute approximate surface area is 157 Å². The molecular weight excluding hydrogens is 376 g/mol. The maximum absolute atomic E-state index is 13.2. The highest BCUT2D eigenvalue weighted by molar-refractivity contribution is 6.31. The standard InChI is InChI=1S/C18H13ClN2O6/c1-7-5-11-12(16(23)26-7)18(13(14(20)27-11)15(22)25-2)9-6-8(19)3-4-10(9)21-17(18)24/h3-6H,20H2,1-2H3,(H,21,24)/t18-/m0/s1. The highest BCUT2D eigenvalue weighted by Crippen LogP contribution is 2.53. The van der Waals surface area contributed by atoms with Gasteiger partial charge in [0.25, 0.3) is 0 Å². The smallest absolute Gasteiger partial charge is 0.344 e. The number of hydrogen-bond acceptors (Lipinski definition) is 7. The van der Waals surface area contributed by atoms with E-state index in [0.29, 0.717) is 10.7 Å². The van der Waals surface area contributed by atoms with Gasteiger partial charge in [0.1, 0.15) is 28.1 Å². The number of hydrogen-bond donors (Lipinski definition) is 2. The molecule has 3 heterocycles. The summed E-state index contributed by atoms with van der Waals surface area (Å²) in [6.45, 7) is 1.55. The summed E-state index contributed by atoms with van der Waals surface area (Å²) in [6, 6.07) is 6.05. The molecule has 1 amide bonds. The van der Waals surface area contributed by atoms with Gasteiger partial charge >= 0.3 is 11.6 Å². The van der Waals surface area contributed by atoms with Crippen molar-refractivity contribution in [1.82, 2.24) is 0 Å². The van der Waals surface area contributed by atoms with Crippen molar-refractivity contribution in [3.63, 3.8) is 0 Å². The average Bonchev–Trinajstić information content (AvgIpc) is 2.86. The fourth-order valence-electron chi connectivity index (χ4n) is 3.61. The maximum Gasteiger partial charge on any atom is 0.344 e. The fourth-order valence-corrected chi connectivity index (χ4v) is 3.78. The molecule has 2 aromatic rings. The van der Waals surface area contributed by atoms with Gasteiger partial charge in [-0.3, -0.25) is 4.79 Å². The minimum absolute atomic E-state index is 0.0249. The Morgan fingerprint density at radius 3 is 2.74 bits per heavy atom. The maximum atomic E-state index is 13.2. The largest absolute Gasteiger partial charge is 0.465 e. The normalized spacial score (nSPS) is 20.0. The fraction of sp³-hybridized carbons (Fsp3) is 0.167. The van der Waals surface area contributed by atoms with Gasteiger partial charge in [-0.05, 0) is 25.1 Å². The number of nitrogens with one attached hydrogen (secondary N) is 1. The van der Waals surface area contributed by atoms with Crippen LogP contribution in [0.5, 0.6) is 5.75 Å². The Morgan fingerprint density at radius 1 is 1.30 bits per heavy atom. The Bertz CT molecular complexity index is 1120. The molecule has 0 fully saturated rings. The van der Waals surface area contributed by atoms with E-state index in [4.69, 9.17) is 31.2 Å². The summed E-state index contributed by atoms with van der Waals surface area (Å²) >= 11 is 6.13. The summed E-state index contributed by atoms with van der Waals surface area (Å²) in [5.41, 5.74) is 3.44. The molecule has 1 aromatic carbocycles. The molecule has 0 unspecified atom stereocenters. The van der Waals surface area contributed by atoms with Crippen LogP contribution >= 0.6 is 11.6 Å². The molecule has 2 aliphatic rings. The molecule has 4 rings (SSSR count). The molecule has 27 heavy (non-hydrogen) atoms. The first kappa shape index (κ1) is 17.2. The molecule has 8 nitrogen and oxygen atoms in total. The highest BCUT2D eigenvalue weighted by Gasteiger charge is 2.60. The second-order valence-electron chi connectivity index (χ2n) is 6.11. The Morgan fingerprint density at radius 2 is 2.04 bits per heavy atom. The van der Waals surface area contributed by atoms with Crippen LogP contribution in [-0.2, 0) is 19.7 Å². The van der Waals surface area contributed by atoms with Crippen LogP contribution in [0, 0.1) is 6.92 Å². The summed E-state index contributed by atoms with van der Waals surface area (Å²) < 4.78 is 15.5. The number of esters is 1. The molecule has 1 atom stereocenters. The van der Waals surface area contributed by atoms with E-state index < -0.39 is 22.9 Å². The monoisotopic (exact) mass is 388 g/mol. The Kier molecular flexibility index (Phi) is 3.57. The lowest BCUT2D eigenvalue weighted by molar-refractivity contribution is -0.138. The Hall–Kier alpha value is -3.26. The molecule has 0 radical (unpaired) electrons. The predicted octanol–water partition coefficient (Wildman–Crippen LogP) is 1.58. The van der Waals surface area contributed by atoms with Crippen LogP contribution in [-0.4, -0.2) is 19.0 Å². The van der Waals surface area contributed by atoms with Gasteiger partial charge < -0.3 is 24.9 Å². The first-order chi connectivity index (χ1) is 12.8. The first-order valence-electron chi connectivity index (χ1n) is 7.83. The van der Waals surface area contributed by atoms with Crippen LogP contribution in [0.1, 0.15) is 16.9 Å². The van der Waals surface area contributed by atoms with Crippen molar-refractivity contribution in [3.8, 4) is 5.75 Å². The third-order valence-electron chi connectivity index (χ3n) is 4.62. The van der Waals surface area contributed by atoms with Crippen LogP contribution in [0.4, 0.5) is 5.69 Å². The van der Waals surface area contributed by atoms with E-state index in [0.717, 1.165) is 7.11 Å². The van der Waals surface area contributed by atoms with Gasteiger partial charge in [0.05, 0.1) is 7.11 Å². The van der Waals surface area contributed by atoms with Crippen molar-refractivity contribution in [3.05, 3.63) is 68.1 Å². The molecule has 1 aromatic heterocycles. The minimum Gasteiger partial charge on any atom is -0.465 e. The first-order valence-corrected chi connectivity index (χ1v) is 8.21. The van der Waals surface area contributed by atoms with E-state index in [2.05, 4.69) is 5.32 Å². The number of amides is 1. The molecule has 0 aliphatic carbocycles. The summed E-state index contributed by atoms with van der Waals surface area (Å²) in [5.74, 6) is -1.64. The molecule has 9 heteroatoms. The van der Waals surface area contributed by atoms with Crippen LogP contribution in [0.2, 0.25) is 5.02 Å². The van der Waals surface area contributed by atoms with E-state index in [1.165, 1.54) is 12.1 Å². The number of nitrogens with two attached hydrogens (primary N) is 1. The topological polar surface area (TPSA) is 121 Å². The van der Waals surface area contributed by atoms with Gasteiger partial charge in [-0.15, -0.1) is 0 Å². The lowest BCUT2D eigenvalue weighted by Crippen LogP contribution is -2.48. The molecule has 0 saturated carbocycles. The molecule has 0 saturated heterocycles. The van der Waals surface area contributed by atoms with Gasteiger partial charge in [-0.1, -0.05) is 11.6 Å². The lowest BCUT2D eigenvalue weighted by atomic mass is 9.69. The number of aryl methyl sites for hydroxylation is 1. The zero-order chi connectivity index (χ0) is 19.5. The average molecular weight is 389 g/mol.